The van der Waals surface area contributed by atoms with Gasteiger partial charge in [0.05, 0.1) is 0 Å². The zero-order valence-electron chi connectivity index (χ0n) is 8.10. The van der Waals surface area contributed by atoms with E-state index in [9.17, 15) is 14.7 Å². The minimum Gasteiger partial charge on any atom is -0.550 e. The Morgan fingerprint density at radius 1 is 1.60 bits per heavy atom. The second-order valence-electron chi connectivity index (χ2n) is 3.18. The fourth-order valence-corrected chi connectivity index (χ4v) is 1.53. The number of nitrogens with zero attached hydrogens (tertiary/aromatic N) is 2. The van der Waals surface area contributed by atoms with Crippen molar-refractivity contribution in [2.45, 2.75) is 19.8 Å². The van der Waals surface area contributed by atoms with E-state index in [1.807, 2.05) is 0 Å². The number of aliphatic carboxylic acids is 1. The third-order valence-electron chi connectivity index (χ3n) is 1.66. The molecule has 0 unspecified atom stereocenters. The highest BCUT2D eigenvalue weighted by Crippen LogP contribution is 2.11. The average molecular weight is 228 g/mol. The molecule has 0 spiro atoms. The molecule has 6 nitrogen and oxygen atoms in total. The van der Waals surface area contributed by atoms with Crippen LogP contribution in [0.4, 0.5) is 5.13 Å². The van der Waals surface area contributed by atoms with Crippen LogP contribution in [-0.2, 0) is 9.59 Å². The summed E-state index contributed by atoms with van der Waals surface area (Å²) in [7, 11) is 0. The van der Waals surface area contributed by atoms with E-state index in [1.165, 1.54) is 16.8 Å². The molecule has 1 amide bonds. The summed E-state index contributed by atoms with van der Waals surface area (Å²) >= 11 is 1.21. The van der Waals surface area contributed by atoms with Crippen molar-refractivity contribution in [1.82, 2.24) is 10.2 Å². The first kappa shape index (κ1) is 11.6. The van der Waals surface area contributed by atoms with Gasteiger partial charge in [0.25, 0.3) is 0 Å². The Bertz CT molecular complexity index is 339. The molecule has 0 bridgehead atoms. The number of aromatic nitrogens is 2. The molecule has 1 aromatic heterocycles. The van der Waals surface area contributed by atoms with Gasteiger partial charge in [-0.2, -0.15) is 0 Å². The third-order valence-corrected chi connectivity index (χ3v) is 2.26. The number of hydrogen-bond donors (Lipinski definition) is 1. The van der Waals surface area contributed by atoms with Gasteiger partial charge in [0, 0.05) is 12.4 Å². The molecule has 0 saturated heterocycles. The lowest BCUT2D eigenvalue weighted by Crippen LogP contribution is -2.26. The molecule has 0 radical (unpaired) electrons. The molecule has 0 aromatic carbocycles. The lowest BCUT2D eigenvalue weighted by molar-refractivity contribution is -0.306. The fraction of sp³-hybridized carbons (Fsp3) is 0.500. The molecular formula is C8H10N3O3S-. The van der Waals surface area contributed by atoms with E-state index in [4.69, 9.17) is 0 Å². The first-order chi connectivity index (χ1) is 7.08. The first-order valence-electron chi connectivity index (χ1n) is 4.33. The lowest BCUT2D eigenvalue weighted by atomic mass is 10.0. The van der Waals surface area contributed by atoms with Gasteiger partial charge in [0.2, 0.25) is 11.0 Å². The van der Waals surface area contributed by atoms with Crippen molar-refractivity contribution in [3.8, 4) is 0 Å². The average Bonchev–Trinajstić information content (AvgIpc) is 2.53. The van der Waals surface area contributed by atoms with Crippen LogP contribution in [0.5, 0.6) is 0 Å². The van der Waals surface area contributed by atoms with Crippen molar-refractivity contribution in [3.05, 3.63) is 5.51 Å². The van der Waals surface area contributed by atoms with Crippen LogP contribution in [0.25, 0.3) is 0 Å². The largest absolute Gasteiger partial charge is 0.550 e. The maximum Gasteiger partial charge on any atom is 0.226 e. The summed E-state index contributed by atoms with van der Waals surface area (Å²) in [6, 6.07) is 0. The summed E-state index contributed by atoms with van der Waals surface area (Å²) in [5, 5.41) is 20.4. The second kappa shape index (κ2) is 5.40. The van der Waals surface area contributed by atoms with Crippen LogP contribution >= 0.6 is 11.3 Å². The molecule has 15 heavy (non-hydrogen) atoms. The van der Waals surface area contributed by atoms with Crippen LogP contribution in [0.3, 0.4) is 0 Å². The van der Waals surface area contributed by atoms with E-state index in [-0.39, 0.29) is 24.7 Å². The summed E-state index contributed by atoms with van der Waals surface area (Å²) in [6.45, 7) is 1.68. The van der Waals surface area contributed by atoms with Gasteiger partial charge in [-0.1, -0.05) is 18.3 Å². The highest BCUT2D eigenvalue weighted by molar-refractivity contribution is 7.13. The number of carboxylic acids is 1. The Morgan fingerprint density at radius 3 is 2.87 bits per heavy atom. The smallest absolute Gasteiger partial charge is 0.226 e. The first-order valence-corrected chi connectivity index (χ1v) is 5.21. The number of amides is 1. The van der Waals surface area contributed by atoms with Crippen LogP contribution in [0.15, 0.2) is 5.51 Å². The maximum absolute atomic E-state index is 11.3. The number of hydrogen-bond acceptors (Lipinski definition) is 6. The van der Waals surface area contributed by atoms with Crippen molar-refractivity contribution in [1.29, 1.82) is 0 Å². The summed E-state index contributed by atoms with van der Waals surface area (Å²) in [5.74, 6) is -1.66. The molecule has 7 heteroatoms. The SMILES string of the molecule is C[C@H](CC(=O)[O-])CC(=O)Nc1nncs1. The predicted molar refractivity (Wildman–Crippen MR) is 51.9 cm³/mol. The Hall–Kier alpha value is -1.50. The van der Waals surface area contributed by atoms with Crippen LogP contribution in [0.1, 0.15) is 19.8 Å². The van der Waals surface area contributed by atoms with E-state index < -0.39 is 5.97 Å². The number of carbonyl (C=O) groups is 2. The van der Waals surface area contributed by atoms with E-state index in [0.29, 0.717) is 5.13 Å². The number of carboxylic acid groups (broad SMARTS) is 1. The van der Waals surface area contributed by atoms with Crippen molar-refractivity contribution in [2.24, 2.45) is 5.92 Å². The van der Waals surface area contributed by atoms with Crippen LogP contribution in [0, 0.1) is 5.92 Å². The van der Waals surface area contributed by atoms with Gasteiger partial charge in [-0.25, -0.2) is 0 Å². The van der Waals surface area contributed by atoms with Crippen LogP contribution in [0.2, 0.25) is 0 Å². The van der Waals surface area contributed by atoms with Gasteiger partial charge in [-0.15, -0.1) is 10.2 Å². The van der Waals surface area contributed by atoms with Crippen molar-refractivity contribution in [2.75, 3.05) is 5.32 Å². The van der Waals surface area contributed by atoms with E-state index >= 15 is 0 Å². The molecule has 1 rings (SSSR count). The summed E-state index contributed by atoms with van der Waals surface area (Å²) in [4.78, 5) is 21.6. The molecular weight excluding hydrogens is 218 g/mol. The zero-order valence-corrected chi connectivity index (χ0v) is 8.91. The molecule has 0 aliphatic heterocycles. The van der Waals surface area contributed by atoms with E-state index in [1.54, 1.807) is 6.92 Å². The highest BCUT2D eigenvalue weighted by Gasteiger charge is 2.10. The molecule has 82 valence electrons. The van der Waals surface area contributed by atoms with E-state index in [2.05, 4.69) is 15.5 Å². The number of rotatable bonds is 5. The monoisotopic (exact) mass is 228 g/mol. The minimum atomic E-state index is -1.15. The van der Waals surface area contributed by atoms with Gasteiger partial charge in [-0.05, 0) is 12.3 Å². The summed E-state index contributed by atoms with van der Waals surface area (Å²) in [6.07, 6.45) is 0.0110. The molecule has 0 fully saturated rings. The van der Waals surface area contributed by atoms with Gasteiger partial charge >= 0.3 is 0 Å². The van der Waals surface area contributed by atoms with E-state index in [0.717, 1.165) is 0 Å². The summed E-state index contributed by atoms with van der Waals surface area (Å²) in [5.41, 5.74) is 1.50. The topological polar surface area (TPSA) is 95.0 Å². The highest BCUT2D eigenvalue weighted by atomic mass is 32.1. The Balaban J connectivity index is 2.33. The van der Waals surface area contributed by atoms with Crippen molar-refractivity contribution < 1.29 is 14.7 Å². The van der Waals surface area contributed by atoms with Gasteiger partial charge < -0.3 is 15.2 Å². The molecule has 0 aliphatic rings. The number of carbonyl (C=O) groups excluding carboxylic acids is 2. The number of nitrogens with one attached hydrogen (secondary N) is 1. The molecule has 0 aliphatic carbocycles. The molecule has 0 saturated carbocycles. The zero-order chi connectivity index (χ0) is 11.3. The summed E-state index contributed by atoms with van der Waals surface area (Å²) < 4.78 is 0. The lowest BCUT2D eigenvalue weighted by Gasteiger charge is -2.10. The third kappa shape index (κ3) is 4.50. The molecule has 1 N–H and O–H groups in total. The van der Waals surface area contributed by atoms with Gasteiger partial charge in [-0.3, -0.25) is 4.79 Å². The maximum atomic E-state index is 11.3. The molecule has 1 aromatic rings. The quantitative estimate of drug-likeness (QED) is 0.742. The molecule has 1 heterocycles. The standard InChI is InChI=1S/C8H11N3O3S/c1-5(3-7(13)14)2-6(12)10-8-11-9-4-15-8/h4-5H,2-3H2,1H3,(H,13,14)(H,10,11,12)/p-1/t5-/m0/s1. The van der Waals surface area contributed by atoms with Crippen molar-refractivity contribution >= 4 is 28.3 Å². The Labute approximate surface area is 90.3 Å². The normalized spacial score (nSPS) is 12.1. The Kier molecular flexibility index (Phi) is 4.17. The van der Waals surface area contributed by atoms with Crippen LogP contribution < -0.4 is 10.4 Å². The van der Waals surface area contributed by atoms with Gasteiger partial charge in [0.15, 0.2) is 0 Å². The number of anilines is 1. The van der Waals surface area contributed by atoms with Crippen LogP contribution in [-0.4, -0.2) is 22.1 Å². The molecule has 1 atom stereocenters. The van der Waals surface area contributed by atoms with Crippen molar-refractivity contribution in [3.63, 3.8) is 0 Å². The second-order valence-corrected chi connectivity index (χ2v) is 4.01. The minimum absolute atomic E-state index is 0.121. The fourth-order valence-electron chi connectivity index (χ4n) is 1.07. The van der Waals surface area contributed by atoms with Gasteiger partial charge in [0.1, 0.15) is 5.51 Å². The Morgan fingerprint density at radius 2 is 2.33 bits per heavy atom. The predicted octanol–water partition coefficient (Wildman–Crippen LogP) is -0.357.